The van der Waals surface area contributed by atoms with Gasteiger partial charge in [-0.05, 0) is 37.3 Å². The second kappa shape index (κ2) is 7.82. The van der Waals surface area contributed by atoms with Gasteiger partial charge in [-0.1, -0.05) is 23.7 Å². The predicted molar refractivity (Wildman–Crippen MR) is 118 cm³/mol. The molecule has 1 fully saturated rings. The van der Waals surface area contributed by atoms with Gasteiger partial charge in [-0.25, -0.2) is 0 Å². The van der Waals surface area contributed by atoms with Crippen LogP contribution < -0.4 is 15.4 Å². The highest BCUT2D eigenvalue weighted by Gasteiger charge is 2.68. The number of carbonyl (C=O) groups is 2. The third-order valence-corrected chi connectivity index (χ3v) is 6.85. The lowest BCUT2D eigenvalue weighted by Gasteiger charge is -2.48. The van der Waals surface area contributed by atoms with E-state index in [9.17, 15) is 14.7 Å². The average Bonchev–Trinajstić information content (AvgIpc) is 3.21. The Morgan fingerprint density at radius 3 is 2.77 bits per heavy atom. The topological polar surface area (TPSA) is 87.7 Å². The van der Waals surface area contributed by atoms with Gasteiger partial charge in [0.05, 0.1) is 30.5 Å². The quantitative estimate of drug-likeness (QED) is 0.617. The van der Waals surface area contributed by atoms with Crippen molar-refractivity contribution in [1.29, 1.82) is 0 Å². The molecule has 2 aromatic rings. The lowest BCUT2D eigenvalue weighted by Crippen LogP contribution is -2.68. The first-order valence-electron chi connectivity index (χ1n) is 10.4. The number of anilines is 1. The number of nitrogens with one attached hydrogen (secondary N) is 2. The number of carbonyl (C=O) groups excluding carboxylic acids is 2. The largest absolute Gasteiger partial charge is 0.493 e. The SMILES string of the molecule is CCOc1ccccc1C1([N+]2(C)C[C@H](O)C[C@H]2C(=O)NC)C(=O)Nc2ccc(Cl)cc21. The summed E-state index contributed by atoms with van der Waals surface area (Å²) in [6.45, 7) is 2.52. The minimum Gasteiger partial charge on any atom is -0.493 e. The normalized spacial score (nSPS) is 29.4. The number of amides is 2. The zero-order chi connectivity index (χ0) is 22.4. The van der Waals surface area contributed by atoms with E-state index in [4.69, 9.17) is 16.3 Å². The number of nitrogens with zero attached hydrogens (tertiary/aromatic N) is 1. The summed E-state index contributed by atoms with van der Waals surface area (Å²) in [5.74, 6) is 0.0578. The van der Waals surface area contributed by atoms with E-state index >= 15 is 0 Å². The summed E-state index contributed by atoms with van der Waals surface area (Å²) in [5, 5.41) is 16.9. The van der Waals surface area contributed by atoms with E-state index in [0.29, 0.717) is 34.2 Å². The summed E-state index contributed by atoms with van der Waals surface area (Å²) in [6, 6.07) is 12.0. The molecule has 164 valence electrons. The van der Waals surface area contributed by atoms with Gasteiger partial charge in [-0.15, -0.1) is 0 Å². The summed E-state index contributed by atoms with van der Waals surface area (Å²) >= 11 is 6.39. The van der Waals surface area contributed by atoms with Crippen LogP contribution in [0, 0.1) is 0 Å². The number of aliphatic hydroxyl groups excluding tert-OH is 1. The molecule has 4 atom stereocenters. The van der Waals surface area contributed by atoms with Crippen LogP contribution in [0.1, 0.15) is 24.5 Å². The minimum absolute atomic E-state index is 0.0307. The van der Waals surface area contributed by atoms with E-state index in [1.54, 1.807) is 25.2 Å². The fourth-order valence-electron chi connectivity index (χ4n) is 5.39. The van der Waals surface area contributed by atoms with Crippen LogP contribution in [0.4, 0.5) is 5.69 Å². The fourth-order valence-corrected chi connectivity index (χ4v) is 5.56. The monoisotopic (exact) mass is 444 g/mol. The van der Waals surface area contributed by atoms with Crippen molar-refractivity contribution < 1.29 is 23.9 Å². The van der Waals surface area contributed by atoms with Crippen LogP contribution in [0.25, 0.3) is 0 Å². The molecule has 0 aliphatic carbocycles. The van der Waals surface area contributed by atoms with Gasteiger partial charge in [0.25, 0.3) is 11.8 Å². The Hall–Kier alpha value is -2.61. The molecule has 2 amide bonds. The zero-order valence-corrected chi connectivity index (χ0v) is 18.6. The van der Waals surface area contributed by atoms with Crippen LogP contribution in [-0.4, -0.2) is 60.8 Å². The van der Waals surface area contributed by atoms with Gasteiger partial charge in [0.1, 0.15) is 18.4 Å². The molecule has 0 aromatic heterocycles. The Bertz CT molecular complexity index is 1050. The van der Waals surface area contributed by atoms with Crippen LogP contribution in [-0.2, 0) is 15.1 Å². The van der Waals surface area contributed by atoms with Crippen LogP contribution >= 0.6 is 11.6 Å². The van der Waals surface area contributed by atoms with Crippen molar-refractivity contribution in [3.05, 3.63) is 58.6 Å². The van der Waals surface area contributed by atoms with Gasteiger partial charge in [0.2, 0.25) is 5.54 Å². The molecule has 31 heavy (non-hydrogen) atoms. The number of ether oxygens (including phenoxy) is 1. The second-order valence-electron chi connectivity index (χ2n) is 8.25. The van der Waals surface area contributed by atoms with Crippen molar-refractivity contribution >= 4 is 29.1 Å². The lowest BCUT2D eigenvalue weighted by molar-refractivity contribution is -0.953. The van der Waals surface area contributed by atoms with Gasteiger partial charge in [0, 0.05) is 18.5 Å². The highest BCUT2D eigenvalue weighted by atomic mass is 35.5. The van der Waals surface area contributed by atoms with Gasteiger partial charge >= 0.3 is 0 Å². The molecule has 1 saturated heterocycles. The second-order valence-corrected chi connectivity index (χ2v) is 8.69. The van der Waals surface area contributed by atoms with Gasteiger partial charge in [0.15, 0.2) is 6.04 Å². The van der Waals surface area contributed by atoms with E-state index in [-0.39, 0.29) is 29.3 Å². The Balaban J connectivity index is 2.09. The van der Waals surface area contributed by atoms with E-state index < -0.39 is 17.7 Å². The average molecular weight is 445 g/mol. The molecule has 2 aromatic carbocycles. The maximum atomic E-state index is 13.9. The van der Waals surface area contributed by atoms with Crippen LogP contribution in [0.2, 0.25) is 5.02 Å². The van der Waals surface area contributed by atoms with E-state index in [0.717, 1.165) is 0 Å². The molecule has 8 heteroatoms. The fraction of sp³-hybridized carbons (Fsp3) is 0.391. The predicted octanol–water partition coefficient (Wildman–Crippen LogP) is 2.26. The number of hydrogen-bond acceptors (Lipinski definition) is 4. The van der Waals surface area contributed by atoms with Gasteiger partial charge < -0.3 is 20.5 Å². The number of likely N-dealkylation sites (N-methyl/N-ethyl adjacent to an activating group) is 2. The van der Waals surface area contributed by atoms with Crippen LogP contribution in [0.5, 0.6) is 5.75 Å². The maximum Gasteiger partial charge on any atom is 0.295 e. The number of halogens is 1. The van der Waals surface area contributed by atoms with Gasteiger partial charge in [-0.3, -0.25) is 14.1 Å². The zero-order valence-electron chi connectivity index (χ0n) is 17.8. The molecular weight excluding hydrogens is 418 g/mol. The van der Waals surface area contributed by atoms with E-state index in [2.05, 4.69) is 10.6 Å². The third kappa shape index (κ3) is 3.03. The Morgan fingerprint density at radius 2 is 2.06 bits per heavy atom. The molecule has 2 heterocycles. The maximum absolute atomic E-state index is 13.9. The number of quaternary nitrogens is 1. The van der Waals surface area contributed by atoms with Crippen molar-refractivity contribution in [2.24, 2.45) is 0 Å². The Labute approximate surface area is 186 Å². The Morgan fingerprint density at radius 1 is 1.32 bits per heavy atom. The van der Waals surface area contributed by atoms with Crippen molar-refractivity contribution in [2.45, 2.75) is 31.0 Å². The van der Waals surface area contributed by atoms with E-state index in [1.165, 1.54) is 0 Å². The highest BCUT2D eigenvalue weighted by molar-refractivity contribution is 6.31. The van der Waals surface area contributed by atoms with Crippen molar-refractivity contribution in [3.63, 3.8) is 0 Å². The molecular formula is C23H27ClN3O4+. The number of aliphatic hydroxyl groups is 1. The van der Waals surface area contributed by atoms with Crippen molar-refractivity contribution in [2.75, 3.05) is 32.6 Å². The smallest absolute Gasteiger partial charge is 0.295 e. The van der Waals surface area contributed by atoms with Crippen LogP contribution in [0.15, 0.2) is 42.5 Å². The standard InChI is InChI=1S/C23H26ClN3O4/c1-4-31-20-8-6-5-7-16(20)23(17-11-14(24)9-10-18(17)26-22(23)30)27(3)13-15(28)12-19(27)21(29)25-2/h5-11,15,19,28H,4,12-13H2,1-3H3,(H-,25,26,29,30)/p+1/t15-,19+,23?,27?/m1/s1. The first-order chi connectivity index (χ1) is 14.8. The molecule has 7 nitrogen and oxygen atoms in total. The van der Waals surface area contributed by atoms with Crippen molar-refractivity contribution in [1.82, 2.24) is 5.32 Å². The first-order valence-corrected chi connectivity index (χ1v) is 10.8. The molecule has 4 rings (SSSR count). The van der Waals surface area contributed by atoms with Crippen LogP contribution in [0.3, 0.4) is 0 Å². The first kappa shape index (κ1) is 21.6. The molecule has 0 saturated carbocycles. The summed E-state index contributed by atoms with van der Waals surface area (Å²) in [4.78, 5) is 26.9. The molecule has 0 radical (unpaired) electrons. The number of fused-ring (bicyclic) bond motifs is 1. The molecule has 2 unspecified atom stereocenters. The highest BCUT2D eigenvalue weighted by Crippen LogP contribution is 2.54. The summed E-state index contributed by atoms with van der Waals surface area (Å²) in [7, 11) is 3.42. The van der Waals surface area contributed by atoms with Crippen molar-refractivity contribution in [3.8, 4) is 5.75 Å². The van der Waals surface area contributed by atoms with Gasteiger partial charge in [-0.2, -0.15) is 0 Å². The Kier molecular flexibility index (Phi) is 5.45. The number of likely N-dealkylation sites (tertiary alicyclic amines) is 1. The number of benzene rings is 2. The molecule has 2 aliphatic rings. The summed E-state index contributed by atoms with van der Waals surface area (Å²) in [6.07, 6.45) is -0.489. The number of para-hydroxylation sites is 1. The molecule has 0 bridgehead atoms. The molecule has 3 N–H and O–H groups in total. The minimum atomic E-state index is -1.33. The lowest BCUT2D eigenvalue weighted by atomic mass is 9.78. The molecule has 2 aliphatic heterocycles. The number of hydrogen-bond donors (Lipinski definition) is 3. The molecule has 0 spiro atoms. The summed E-state index contributed by atoms with van der Waals surface area (Å²) in [5.41, 5.74) is 0.612. The summed E-state index contributed by atoms with van der Waals surface area (Å²) < 4.78 is 5.90. The van der Waals surface area contributed by atoms with E-state index in [1.807, 2.05) is 38.2 Å². The number of rotatable bonds is 5. The third-order valence-electron chi connectivity index (χ3n) is 6.61.